The fourth-order valence-electron chi connectivity index (χ4n) is 2.14. The second kappa shape index (κ2) is 6.75. The largest absolute Gasteiger partial charge is 0.497 e. The zero-order valence-electron chi connectivity index (χ0n) is 13.1. The van der Waals surface area contributed by atoms with E-state index in [0.717, 1.165) is 17.1 Å². The van der Waals surface area contributed by atoms with Gasteiger partial charge in [0.25, 0.3) is 0 Å². The van der Waals surface area contributed by atoms with Gasteiger partial charge in [0.15, 0.2) is 5.82 Å². The molecule has 0 radical (unpaired) electrons. The molecule has 3 aromatic rings. The maximum Gasteiger partial charge on any atom is 0.210 e. The Morgan fingerprint density at radius 2 is 1.74 bits per heavy atom. The summed E-state index contributed by atoms with van der Waals surface area (Å²) in [6.07, 6.45) is 0. The van der Waals surface area contributed by atoms with Crippen LogP contribution in [0.15, 0.2) is 53.7 Å². The lowest BCUT2D eigenvalue weighted by molar-refractivity contribution is 0.415. The minimum Gasteiger partial charge on any atom is -0.497 e. The first-order valence-corrected chi connectivity index (χ1v) is 8.19. The van der Waals surface area contributed by atoms with Crippen LogP contribution in [0.2, 0.25) is 0 Å². The van der Waals surface area contributed by atoms with Crippen molar-refractivity contribution < 1.29 is 4.74 Å². The van der Waals surface area contributed by atoms with Gasteiger partial charge in [0.2, 0.25) is 5.16 Å². The second-order valence-corrected chi connectivity index (χ2v) is 6.12. The van der Waals surface area contributed by atoms with Gasteiger partial charge in [-0.25, -0.2) is 4.68 Å². The molecule has 23 heavy (non-hydrogen) atoms. The number of hydrogen-bond acceptors (Lipinski definition) is 5. The molecule has 0 aliphatic rings. The van der Waals surface area contributed by atoms with Crippen LogP contribution in [0.1, 0.15) is 11.1 Å². The molecular weight excluding hydrogens is 308 g/mol. The first-order valence-electron chi connectivity index (χ1n) is 7.20. The maximum absolute atomic E-state index is 6.13. The fraction of sp³-hybridized carbons (Fsp3) is 0.176. The van der Waals surface area contributed by atoms with Crippen LogP contribution in [0.25, 0.3) is 11.4 Å². The number of aryl methyl sites for hydroxylation is 1. The molecule has 0 unspecified atom stereocenters. The number of nitrogens with two attached hydrogens (primary N) is 1. The number of benzene rings is 2. The summed E-state index contributed by atoms with van der Waals surface area (Å²) < 4.78 is 6.69. The molecule has 0 fully saturated rings. The number of hydrogen-bond donors (Lipinski definition) is 1. The molecule has 0 saturated carbocycles. The highest BCUT2D eigenvalue weighted by molar-refractivity contribution is 7.98. The highest BCUT2D eigenvalue weighted by atomic mass is 32.2. The summed E-state index contributed by atoms with van der Waals surface area (Å²) in [6.45, 7) is 2.08. The quantitative estimate of drug-likeness (QED) is 0.576. The lowest BCUT2D eigenvalue weighted by atomic mass is 10.2. The molecule has 2 N–H and O–H groups in total. The van der Waals surface area contributed by atoms with Crippen molar-refractivity contribution >= 4 is 11.8 Å². The van der Waals surface area contributed by atoms with Crippen molar-refractivity contribution in [2.45, 2.75) is 17.8 Å². The predicted molar refractivity (Wildman–Crippen MR) is 92.9 cm³/mol. The van der Waals surface area contributed by atoms with Crippen LogP contribution in [0.5, 0.6) is 5.75 Å². The molecule has 0 bridgehead atoms. The summed E-state index contributed by atoms with van der Waals surface area (Å²) in [7, 11) is 1.64. The van der Waals surface area contributed by atoms with E-state index >= 15 is 0 Å². The first-order chi connectivity index (χ1) is 11.2. The van der Waals surface area contributed by atoms with Gasteiger partial charge >= 0.3 is 0 Å². The average Bonchev–Trinajstić information content (AvgIpc) is 2.95. The van der Waals surface area contributed by atoms with E-state index in [-0.39, 0.29) is 0 Å². The third-order valence-corrected chi connectivity index (χ3v) is 4.52. The van der Waals surface area contributed by atoms with Crippen LogP contribution in [-0.4, -0.2) is 22.0 Å². The number of nitrogens with zero attached hydrogens (tertiary/aromatic N) is 3. The van der Waals surface area contributed by atoms with Crippen LogP contribution < -0.4 is 10.6 Å². The van der Waals surface area contributed by atoms with Crippen LogP contribution in [-0.2, 0) is 5.75 Å². The first kappa shape index (κ1) is 15.4. The standard InChI is InChI=1S/C17H18N4OS/c1-12-3-5-13(6-4-12)11-23-17-20-19-16(21(17)18)14-7-9-15(22-2)10-8-14/h3-10H,11,18H2,1-2H3. The van der Waals surface area contributed by atoms with E-state index in [1.54, 1.807) is 18.9 Å². The summed E-state index contributed by atoms with van der Waals surface area (Å²) in [4.78, 5) is 0. The van der Waals surface area contributed by atoms with Crippen molar-refractivity contribution in [2.75, 3.05) is 13.0 Å². The van der Waals surface area contributed by atoms with Crippen molar-refractivity contribution in [3.63, 3.8) is 0 Å². The van der Waals surface area contributed by atoms with E-state index in [9.17, 15) is 0 Å². The highest BCUT2D eigenvalue weighted by Gasteiger charge is 2.12. The molecule has 118 valence electrons. The molecule has 5 nitrogen and oxygen atoms in total. The number of rotatable bonds is 5. The summed E-state index contributed by atoms with van der Waals surface area (Å²) >= 11 is 1.57. The van der Waals surface area contributed by atoms with Crippen molar-refractivity contribution in [3.8, 4) is 17.1 Å². The molecule has 0 spiro atoms. The van der Waals surface area contributed by atoms with Crippen LogP contribution in [0.3, 0.4) is 0 Å². The molecule has 0 aliphatic heterocycles. The fourth-order valence-corrected chi connectivity index (χ4v) is 2.96. The van der Waals surface area contributed by atoms with Crippen molar-refractivity contribution in [3.05, 3.63) is 59.7 Å². The molecule has 0 atom stereocenters. The molecular formula is C17H18N4OS. The number of methoxy groups -OCH3 is 1. The Hall–Kier alpha value is -2.47. The summed E-state index contributed by atoms with van der Waals surface area (Å²) in [5.41, 5.74) is 3.39. The summed E-state index contributed by atoms with van der Waals surface area (Å²) in [6, 6.07) is 16.0. The number of thioether (sulfide) groups is 1. The van der Waals surface area contributed by atoms with Crippen LogP contribution in [0.4, 0.5) is 0 Å². The van der Waals surface area contributed by atoms with Gasteiger partial charge in [0, 0.05) is 11.3 Å². The lowest BCUT2D eigenvalue weighted by Gasteiger charge is -2.05. The zero-order valence-corrected chi connectivity index (χ0v) is 13.9. The molecule has 2 aromatic carbocycles. The van der Waals surface area contributed by atoms with Crippen LogP contribution >= 0.6 is 11.8 Å². The molecule has 0 aliphatic carbocycles. The number of aromatic nitrogens is 3. The van der Waals surface area contributed by atoms with E-state index < -0.39 is 0 Å². The molecule has 0 saturated heterocycles. The minimum atomic E-state index is 0.638. The SMILES string of the molecule is COc1ccc(-c2nnc(SCc3ccc(C)cc3)n2N)cc1. The zero-order chi connectivity index (χ0) is 16.2. The highest BCUT2D eigenvalue weighted by Crippen LogP contribution is 2.25. The molecule has 6 heteroatoms. The van der Waals surface area contributed by atoms with E-state index in [1.165, 1.54) is 15.8 Å². The Morgan fingerprint density at radius 3 is 2.39 bits per heavy atom. The van der Waals surface area contributed by atoms with Crippen molar-refractivity contribution in [2.24, 2.45) is 0 Å². The normalized spacial score (nSPS) is 10.7. The van der Waals surface area contributed by atoms with Crippen molar-refractivity contribution in [1.82, 2.24) is 14.9 Å². The van der Waals surface area contributed by atoms with Gasteiger partial charge in [-0.2, -0.15) is 0 Å². The van der Waals surface area contributed by atoms with Crippen LogP contribution in [0, 0.1) is 6.92 Å². The predicted octanol–water partition coefficient (Wildman–Crippen LogP) is 3.27. The van der Waals surface area contributed by atoms with E-state index in [4.69, 9.17) is 10.6 Å². The van der Waals surface area contributed by atoms with Gasteiger partial charge in [-0.1, -0.05) is 41.6 Å². The van der Waals surface area contributed by atoms with Gasteiger partial charge in [-0.3, -0.25) is 0 Å². The molecule has 0 amide bonds. The third kappa shape index (κ3) is 3.48. The second-order valence-electron chi connectivity index (χ2n) is 5.18. The Labute approximate surface area is 139 Å². The van der Waals surface area contributed by atoms with E-state index in [0.29, 0.717) is 11.0 Å². The average molecular weight is 326 g/mol. The van der Waals surface area contributed by atoms with Gasteiger partial charge in [0.05, 0.1) is 7.11 Å². The monoisotopic (exact) mass is 326 g/mol. The molecule has 1 aromatic heterocycles. The van der Waals surface area contributed by atoms with Gasteiger partial charge in [-0.05, 0) is 36.8 Å². The Kier molecular flexibility index (Phi) is 4.52. The Morgan fingerprint density at radius 1 is 1.04 bits per heavy atom. The van der Waals surface area contributed by atoms with E-state index in [2.05, 4.69) is 41.4 Å². The third-order valence-electron chi connectivity index (χ3n) is 3.50. The maximum atomic E-state index is 6.13. The van der Waals surface area contributed by atoms with Crippen molar-refractivity contribution in [1.29, 1.82) is 0 Å². The molecule has 1 heterocycles. The topological polar surface area (TPSA) is 66.0 Å². The van der Waals surface area contributed by atoms with Gasteiger partial charge in [0.1, 0.15) is 5.75 Å². The number of nitrogen functional groups attached to an aromatic ring is 1. The van der Waals surface area contributed by atoms with E-state index in [1.807, 2.05) is 24.3 Å². The number of ether oxygens (including phenoxy) is 1. The molecule has 3 rings (SSSR count). The summed E-state index contributed by atoms with van der Waals surface area (Å²) in [5, 5.41) is 9.07. The Bertz CT molecular complexity index is 781. The summed E-state index contributed by atoms with van der Waals surface area (Å²) in [5.74, 6) is 8.37. The smallest absolute Gasteiger partial charge is 0.210 e. The van der Waals surface area contributed by atoms with Gasteiger partial charge in [-0.15, -0.1) is 10.2 Å². The Balaban J connectivity index is 1.74. The minimum absolute atomic E-state index is 0.638. The van der Waals surface area contributed by atoms with Gasteiger partial charge < -0.3 is 10.6 Å². The lowest BCUT2D eigenvalue weighted by Crippen LogP contribution is -2.11.